The van der Waals surface area contributed by atoms with E-state index in [1.807, 2.05) is 6.92 Å². The molecule has 0 spiro atoms. The summed E-state index contributed by atoms with van der Waals surface area (Å²) in [5.74, 6) is -0.650. The van der Waals surface area contributed by atoms with Crippen molar-refractivity contribution in [3.8, 4) is 5.75 Å². The van der Waals surface area contributed by atoms with E-state index in [1.54, 1.807) is 12.2 Å². The van der Waals surface area contributed by atoms with Gasteiger partial charge in [0.1, 0.15) is 5.75 Å². The number of aromatic hydroxyl groups is 1. The van der Waals surface area contributed by atoms with Gasteiger partial charge in [-0.2, -0.15) is 0 Å². The highest BCUT2D eigenvalue weighted by Gasteiger charge is 2.33. The molecule has 0 bridgehead atoms. The summed E-state index contributed by atoms with van der Waals surface area (Å²) in [4.78, 5) is 25.1. The summed E-state index contributed by atoms with van der Waals surface area (Å²) in [5, 5.41) is 9.53. The smallest absolute Gasteiger partial charge is 0.190 e. The minimum absolute atomic E-state index is 0.0253. The molecule has 0 saturated heterocycles. The Balaban J connectivity index is 2.70. The Morgan fingerprint density at radius 1 is 1.20 bits per heavy atom. The summed E-state index contributed by atoms with van der Waals surface area (Å²) in [6.07, 6.45) is 3.59. The lowest BCUT2D eigenvalue weighted by atomic mass is 9.78. The number of rotatable bonds is 4. The Hall–Kier alpha value is -2.42. The van der Waals surface area contributed by atoms with E-state index in [4.69, 9.17) is 0 Å². The van der Waals surface area contributed by atoms with Gasteiger partial charge in [0.15, 0.2) is 11.6 Å². The SMILES string of the molecule is C=CCC1=C(C(C)C=C)C(=O)c2cc(O)ccc2C1=O. The van der Waals surface area contributed by atoms with E-state index >= 15 is 0 Å². The fraction of sp³-hybridized carbons (Fsp3) is 0.176. The molecule has 20 heavy (non-hydrogen) atoms. The molecule has 1 aliphatic carbocycles. The second kappa shape index (κ2) is 5.29. The first-order valence-corrected chi connectivity index (χ1v) is 6.40. The topological polar surface area (TPSA) is 54.4 Å². The lowest BCUT2D eigenvalue weighted by Crippen LogP contribution is -2.24. The number of phenolic OH excluding ortho intramolecular Hbond substituents is 1. The third-order valence-electron chi connectivity index (χ3n) is 3.49. The molecule has 0 fully saturated rings. The molecule has 3 nitrogen and oxygen atoms in total. The Morgan fingerprint density at radius 3 is 2.50 bits per heavy atom. The molecule has 0 aromatic heterocycles. The number of phenols is 1. The lowest BCUT2D eigenvalue weighted by Gasteiger charge is -2.23. The fourth-order valence-electron chi connectivity index (χ4n) is 2.43. The standard InChI is InChI=1S/C17H16O3/c1-4-6-13-15(10(3)5-2)17(20)14-9-11(18)7-8-12(14)16(13)19/h4-5,7-10,18H,1-2,6H2,3H3. The summed E-state index contributed by atoms with van der Waals surface area (Å²) < 4.78 is 0. The summed E-state index contributed by atoms with van der Waals surface area (Å²) >= 11 is 0. The molecule has 0 aliphatic heterocycles. The van der Waals surface area contributed by atoms with E-state index in [0.29, 0.717) is 23.1 Å². The van der Waals surface area contributed by atoms with Gasteiger partial charge in [0.05, 0.1) is 0 Å². The maximum atomic E-state index is 12.6. The average molecular weight is 268 g/mol. The number of fused-ring (bicyclic) bond motifs is 1. The van der Waals surface area contributed by atoms with Gasteiger partial charge in [-0.25, -0.2) is 0 Å². The molecule has 102 valence electrons. The van der Waals surface area contributed by atoms with Crippen LogP contribution < -0.4 is 0 Å². The molecule has 1 unspecified atom stereocenters. The molecule has 0 heterocycles. The van der Waals surface area contributed by atoms with Crippen LogP contribution in [0.5, 0.6) is 5.75 Å². The van der Waals surface area contributed by atoms with E-state index in [-0.39, 0.29) is 28.8 Å². The van der Waals surface area contributed by atoms with Crippen molar-refractivity contribution < 1.29 is 14.7 Å². The van der Waals surface area contributed by atoms with Crippen molar-refractivity contribution in [2.75, 3.05) is 0 Å². The third-order valence-corrected chi connectivity index (χ3v) is 3.49. The van der Waals surface area contributed by atoms with Crippen LogP contribution in [-0.4, -0.2) is 16.7 Å². The van der Waals surface area contributed by atoms with Gasteiger partial charge in [0, 0.05) is 28.2 Å². The molecule has 0 radical (unpaired) electrons. The number of hydrogen-bond donors (Lipinski definition) is 1. The van der Waals surface area contributed by atoms with Gasteiger partial charge in [-0.1, -0.05) is 19.1 Å². The van der Waals surface area contributed by atoms with Gasteiger partial charge in [0.2, 0.25) is 0 Å². The summed E-state index contributed by atoms with van der Waals surface area (Å²) in [6, 6.07) is 4.25. The monoisotopic (exact) mass is 268 g/mol. The molecule has 1 aromatic carbocycles. The first-order valence-electron chi connectivity index (χ1n) is 6.40. The minimum Gasteiger partial charge on any atom is -0.508 e. The highest BCUT2D eigenvalue weighted by Crippen LogP contribution is 2.34. The van der Waals surface area contributed by atoms with Crippen molar-refractivity contribution >= 4 is 11.6 Å². The number of hydrogen-bond acceptors (Lipinski definition) is 3. The maximum Gasteiger partial charge on any atom is 0.190 e. The molecule has 3 heteroatoms. The number of Topliss-reactive ketones (excluding diaryl/α,β-unsaturated/α-hetero) is 2. The van der Waals surface area contributed by atoms with Crippen LogP contribution in [0.1, 0.15) is 34.1 Å². The van der Waals surface area contributed by atoms with Crippen molar-refractivity contribution in [2.45, 2.75) is 13.3 Å². The number of ketones is 2. The van der Waals surface area contributed by atoms with E-state index in [2.05, 4.69) is 13.2 Å². The van der Waals surface area contributed by atoms with Gasteiger partial charge >= 0.3 is 0 Å². The largest absolute Gasteiger partial charge is 0.508 e. The van der Waals surface area contributed by atoms with E-state index in [9.17, 15) is 14.7 Å². The number of allylic oxidation sites excluding steroid dienone is 4. The van der Waals surface area contributed by atoms with Crippen LogP contribution in [-0.2, 0) is 0 Å². The van der Waals surface area contributed by atoms with Crippen LogP contribution in [0, 0.1) is 5.92 Å². The lowest BCUT2D eigenvalue weighted by molar-refractivity contribution is 0.0967. The molecule has 1 aromatic rings. The molecule has 1 atom stereocenters. The zero-order chi connectivity index (χ0) is 14.9. The first kappa shape index (κ1) is 14.0. The van der Waals surface area contributed by atoms with Gasteiger partial charge in [0.25, 0.3) is 0 Å². The Morgan fingerprint density at radius 2 is 1.90 bits per heavy atom. The molecule has 1 aliphatic rings. The van der Waals surface area contributed by atoms with Crippen LogP contribution >= 0.6 is 0 Å². The zero-order valence-electron chi connectivity index (χ0n) is 11.3. The van der Waals surface area contributed by atoms with Crippen LogP contribution in [0.2, 0.25) is 0 Å². The van der Waals surface area contributed by atoms with Crippen LogP contribution in [0.25, 0.3) is 0 Å². The second-order valence-electron chi connectivity index (χ2n) is 4.80. The minimum atomic E-state index is -0.225. The molecule has 0 amide bonds. The number of carbonyl (C=O) groups excluding carboxylic acids is 2. The number of benzene rings is 1. The van der Waals surface area contributed by atoms with Crippen LogP contribution in [0.3, 0.4) is 0 Å². The molecule has 1 N–H and O–H groups in total. The highest BCUT2D eigenvalue weighted by molar-refractivity contribution is 6.27. The van der Waals surface area contributed by atoms with Gasteiger partial charge < -0.3 is 5.11 Å². The van der Waals surface area contributed by atoms with Gasteiger partial charge in [-0.3, -0.25) is 9.59 Å². The first-order chi connectivity index (χ1) is 9.51. The van der Waals surface area contributed by atoms with Gasteiger partial charge in [-0.05, 0) is 24.6 Å². The Labute approximate surface area is 117 Å². The Kier molecular flexibility index (Phi) is 3.70. The zero-order valence-corrected chi connectivity index (χ0v) is 11.3. The van der Waals surface area contributed by atoms with Crippen LogP contribution in [0.4, 0.5) is 0 Å². The molecular weight excluding hydrogens is 252 g/mol. The summed E-state index contributed by atoms with van der Waals surface area (Å²) in [6.45, 7) is 9.15. The third kappa shape index (κ3) is 2.11. The molecule has 2 rings (SSSR count). The fourth-order valence-corrected chi connectivity index (χ4v) is 2.43. The van der Waals surface area contributed by atoms with Crippen molar-refractivity contribution in [1.29, 1.82) is 0 Å². The van der Waals surface area contributed by atoms with Crippen molar-refractivity contribution in [3.05, 3.63) is 65.8 Å². The predicted octanol–water partition coefficient (Wildman–Crippen LogP) is 3.47. The Bertz CT molecular complexity index is 650. The summed E-state index contributed by atoms with van der Waals surface area (Å²) in [5.41, 5.74) is 1.51. The van der Waals surface area contributed by atoms with Crippen molar-refractivity contribution in [1.82, 2.24) is 0 Å². The highest BCUT2D eigenvalue weighted by atomic mass is 16.3. The second-order valence-corrected chi connectivity index (χ2v) is 4.80. The summed E-state index contributed by atoms with van der Waals surface area (Å²) in [7, 11) is 0. The van der Waals surface area contributed by atoms with E-state index < -0.39 is 0 Å². The number of carbonyl (C=O) groups is 2. The van der Waals surface area contributed by atoms with Crippen molar-refractivity contribution in [3.63, 3.8) is 0 Å². The maximum absolute atomic E-state index is 12.6. The quantitative estimate of drug-likeness (QED) is 0.851. The van der Waals surface area contributed by atoms with Gasteiger partial charge in [-0.15, -0.1) is 13.2 Å². The van der Waals surface area contributed by atoms with E-state index in [0.717, 1.165) is 0 Å². The average Bonchev–Trinajstić information content (AvgIpc) is 2.44. The predicted molar refractivity (Wildman–Crippen MR) is 78.0 cm³/mol. The van der Waals surface area contributed by atoms with E-state index in [1.165, 1.54) is 18.2 Å². The molecule has 0 saturated carbocycles. The van der Waals surface area contributed by atoms with Crippen molar-refractivity contribution in [2.24, 2.45) is 5.92 Å². The van der Waals surface area contributed by atoms with Crippen LogP contribution in [0.15, 0.2) is 54.7 Å². The normalized spacial score (nSPS) is 15.8. The molecular formula is C17H16O3.